The molecule has 1 fully saturated rings. The molecule has 146 valence electrons. The van der Waals surface area contributed by atoms with Gasteiger partial charge in [0.15, 0.2) is 5.96 Å². The molecule has 0 aliphatic carbocycles. The molecule has 7 heteroatoms. The number of guanidine groups is 1. The molecule has 26 heavy (non-hydrogen) atoms. The molecule has 2 rings (SSSR count). The van der Waals surface area contributed by atoms with Gasteiger partial charge in [-0.1, -0.05) is 13.0 Å². The summed E-state index contributed by atoms with van der Waals surface area (Å²) in [5, 5.41) is 8.83. The third kappa shape index (κ3) is 6.29. The van der Waals surface area contributed by atoms with Gasteiger partial charge in [0.1, 0.15) is 6.54 Å². The number of nitrogens with one attached hydrogen (secondary N) is 2. The summed E-state index contributed by atoms with van der Waals surface area (Å²) in [5.41, 5.74) is 0. The maximum Gasteiger partial charge on any atom is 0.243 e. The molecule has 1 amide bonds. The Morgan fingerprint density at radius 2 is 2.12 bits per heavy atom. The van der Waals surface area contributed by atoms with E-state index in [-0.39, 0.29) is 12.5 Å². The van der Waals surface area contributed by atoms with E-state index in [1.807, 2.05) is 18.3 Å². The molecule has 1 aromatic heterocycles. The SMILES string of the molecule is CCNC(=NCC(=O)N(C)C)NCC(c1cccs1)N1CCC(C)CC1. The third-order valence-electron chi connectivity index (χ3n) is 4.81. The Hall–Kier alpha value is -1.60. The standard InChI is InChI=1S/C19H33N5OS/c1-5-20-19(22-14-18(25)23(3)4)21-13-16(17-7-6-12-26-17)24-10-8-15(2)9-11-24/h6-7,12,15-16H,5,8-11,13-14H2,1-4H3,(H2,20,21,22). The lowest BCUT2D eigenvalue weighted by molar-refractivity contribution is -0.127. The number of rotatable bonds is 7. The van der Waals surface area contributed by atoms with Gasteiger partial charge in [0.2, 0.25) is 5.91 Å². The summed E-state index contributed by atoms with van der Waals surface area (Å²) in [6.45, 7) is 8.37. The molecule has 0 saturated carbocycles. The molecule has 1 saturated heterocycles. The molecule has 2 heterocycles. The molecule has 0 aromatic carbocycles. The first kappa shape index (κ1) is 20.7. The molecule has 1 unspecified atom stereocenters. The van der Waals surface area contributed by atoms with E-state index in [1.54, 1.807) is 19.0 Å². The quantitative estimate of drug-likeness (QED) is 0.563. The molecular formula is C19H33N5OS. The summed E-state index contributed by atoms with van der Waals surface area (Å²) in [7, 11) is 3.50. The van der Waals surface area contributed by atoms with Crippen LogP contribution in [0.1, 0.15) is 37.6 Å². The monoisotopic (exact) mass is 379 g/mol. The fraction of sp³-hybridized carbons (Fsp3) is 0.684. The molecular weight excluding hydrogens is 346 g/mol. The first-order valence-corrected chi connectivity index (χ1v) is 10.4. The van der Waals surface area contributed by atoms with E-state index in [0.29, 0.717) is 12.0 Å². The Labute approximate surface area is 161 Å². The number of hydrogen-bond donors (Lipinski definition) is 2. The van der Waals surface area contributed by atoms with Crippen LogP contribution < -0.4 is 10.6 Å². The summed E-state index contributed by atoms with van der Waals surface area (Å²) in [4.78, 5) is 21.8. The van der Waals surface area contributed by atoms with Crippen LogP contribution in [0.15, 0.2) is 22.5 Å². The number of piperidine rings is 1. The van der Waals surface area contributed by atoms with Crippen molar-refractivity contribution in [3.63, 3.8) is 0 Å². The van der Waals surface area contributed by atoms with Gasteiger partial charge in [0.05, 0.1) is 6.04 Å². The van der Waals surface area contributed by atoms with Crippen LogP contribution in [-0.4, -0.2) is 68.5 Å². The van der Waals surface area contributed by atoms with E-state index in [2.05, 4.69) is 45.0 Å². The Morgan fingerprint density at radius 1 is 1.38 bits per heavy atom. The van der Waals surface area contributed by atoms with Gasteiger partial charge in [-0.15, -0.1) is 11.3 Å². The number of carbonyl (C=O) groups excluding carboxylic acids is 1. The predicted molar refractivity (Wildman–Crippen MR) is 110 cm³/mol. The van der Waals surface area contributed by atoms with Gasteiger partial charge in [0, 0.05) is 32.1 Å². The highest BCUT2D eigenvalue weighted by molar-refractivity contribution is 7.10. The van der Waals surface area contributed by atoms with Crippen molar-refractivity contribution in [3.8, 4) is 0 Å². The minimum atomic E-state index is 0.00188. The van der Waals surface area contributed by atoms with Crippen molar-refractivity contribution < 1.29 is 4.79 Å². The first-order valence-electron chi connectivity index (χ1n) is 9.51. The van der Waals surface area contributed by atoms with Gasteiger partial charge in [0.25, 0.3) is 0 Å². The van der Waals surface area contributed by atoms with Crippen molar-refractivity contribution in [2.45, 2.75) is 32.7 Å². The number of nitrogens with zero attached hydrogens (tertiary/aromatic N) is 3. The van der Waals surface area contributed by atoms with E-state index >= 15 is 0 Å². The van der Waals surface area contributed by atoms with Crippen molar-refractivity contribution >= 4 is 23.2 Å². The average Bonchev–Trinajstić information content (AvgIpc) is 3.15. The first-order chi connectivity index (χ1) is 12.5. The molecule has 1 atom stereocenters. The van der Waals surface area contributed by atoms with Crippen LogP contribution in [0.5, 0.6) is 0 Å². The Kier molecular flexibility index (Phi) is 8.38. The van der Waals surface area contributed by atoms with Crippen LogP contribution in [0.2, 0.25) is 0 Å². The van der Waals surface area contributed by atoms with Crippen molar-refractivity contribution in [1.29, 1.82) is 0 Å². The molecule has 6 nitrogen and oxygen atoms in total. The lowest BCUT2D eigenvalue weighted by atomic mass is 9.97. The van der Waals surface area contributed by atoms with E-state index in [1.165, 1.54) is 17.7 Å². The van der Waals surface area contributed by atoms with Crippen LogP contribution in [0.3, 0.4) is 0 Å². The largest absolute Gasteiger partial charge is 0.357 e. The van der Waals surface area contributed by atoms with E-state index in [4.69, 9.17) is 0 Å². The lowest BCUT2D eigenvalue weighted by Gasteiger charge is -2.36. The molecule has 0 bridgehead atoms. The zero-order valence-corrected chi connectivity index (χ0v) is 17.3. The minimum absolute atomic E-state index is 0.00188. The summed E-state index contributed by atoms with van der Waals surface area (Å²) in [5.74, 6) is 1.52. The number of hydrogen-bond acceptors (Lipinski definition) is 4. The number of thiophene rings is 1. The molecule has 1 aromatic rings. The Balaban J connectivity index is 2.01. The number of carbonyl (C=O) groups is 1. The zero-order chi connectivity index (χ0) is 18.9. The number of likely N-dealkylation sites (tertiary alicyclic amines) is 1. The Bertz CT molecular complexity index is 564. The second kappa shape index (κ2) is 10.5. The van der Waals surface area contributed by atoms with Gasteiger partial charge in [-0.05, 0) is 50.2 Å². The van der Waals surface area contributed by atoms with Crippen LogP contribution in [-0.2, 0) is 4.79 Å². The molecule has 2 N–H and O–H groups in total. The normalized spacial score (nSPS) is 17.8. The van der Waals surface area contributed by atoms with E-state index in [0.717, 1.165) is 32.1 Å². The van der Waals surface area contributed by atoms with Crippen LogP contribution in [0, 0.1) is 5.92 Å². The fourth-order valence-electron chi connectivity index (χ4n) is 3.05. The highest BCUT2D eigenvalue weighted by Gasteiger charge is 2.25. The third-order valence-corrected chi connectivity index (χ3v) is 5.78. The maximum absolute atomic E-state index is 11.8. The number of likely N-dealkylation sites (N-methyl/N-ethyl adjacent to an activating group) is 1. The summed E-state index contributed by atoms with van der Waals surface area (Å²) in [6, 6.07) is 4.68. The topological polar surface area (TPSA) is 60.0 Å². The van der Waals surface area contributed by atoms with Crippen LogP contribution in [0.25, 0.3) is 0 Å². The second-order valence-corrected chi connectivity index (χ2v) is 8.09. The smallest absolute Gasteiger partial charge is 0.243 e. The van der Waals surface area contributed by atoms with E-state index in [9.17, 15) is 4.79 Å². The van der Waals surface area contributed by atoms with Crippen LogP contribution >= 0.6 is 11.3 Å². The number of aliphatic imine (C=N–C) groups is 1. The molecule has 0 radical (unpaired) electrons. The van der Waals surface area contributed by atoms with Crippen LogP contribution in [0.4, 0.5) is 0 Å². The minimum Gasteiger partial charge on any atom is -0.357 e. The highest BCUT2D eigenvalue weighted by Crippen LogP contribution is 2.28. The zero-order valence-electron chi connectivity index (χ0n) is 16.5. The molecule has 1 aliphatic heterocycles. The summed E-state index contributed by atoms with van der Waals surface area (Å²) < 4.78 is 0. The molecule has 1 aliphatic rings. The van der Waals surface area contributed by atoms with Crippen molar-refractivity contribution in [2.24, 2.45) is 10.9 Å². The van der Waals surface area contributed by atoms with Crippen molar-refractivity contribution in [2.75, 3.05) is 46.8 Å². The Morgan fingerprint density at radius 3 is 2.69 bits per heavy atom. The van der Waals surface area contributed by atoms with Gasteiger partial charge in [-0.25, -0.2) is 4.99 Å². The van der Waals surface area contributed by atoms with Crippen molar-refractivity contribution in [3.05, 3.63) is 22.4 Å². The van der Waals surface area contributed by atoms with Gasteiger partial charge in [-0.2, -0.15) is 0 Å². The number of amides is 1. The summed E-state index contributed by atoms with van der Waals surface area (Å²) >= 11 is 1.81. The summed E-state index contributed by atoms with van der Waals surface area (Å²) in [6.07, 6.45) is 2.51. The van der Waals surface area contributed by atoms with Gasteiger partial charge < -0.3 is 15.5 Å². The lowest BCUT2D eigenvalue weighted by Crippen LogP contribution is -2.45. The average molecular weight is 380 g/mol. The second-order valence-electron chi connectivity index (χ2n) is 7.11. The predicted octanol–water partition coefficient (Wildman–Crippen LogP) is 2.16. The van der Waals surface area contributed by atoms with Crippen molar-refractivity contribution in [1.82, 2.24) is 20.4 Å². The fourth-order valence-corrected chi connectivity index (χ4v) is 3.91. The van der Waals surface area contributed by atoms with Gasteiger partial charge in [-0.3, -0.25) is 9.69 Å². The maximum atomic E-state index is 11.8. The van der Waals surface area contributed by atoms with E-state index < -0.39 is 0 Å². The highest BCUT2D eigenvalue weighted by atomic mass is 32.1. The molecule has 0 spiro atoms. The van der Waals surface area contributed by atoms with Gasteiger partial charge >= 0.3 is 0 Å².